The van der Waals surface area contributed by atoms with Crippen LogP contribution in [-0.4, -0.2) is 37.0 Å². The molecule has 0 spiro atoms. The van der Waals surface area contributed by atoms with Gasteiger partial charge < -0.3 is 5.32 Å². The van der Waals surface area contributed by atoms with E-state index < -0.39 is 15.6 Å². The summed E-state index contributed by atoms with van der Waals surface area (Å²) in [5.74, 6) is -0.267. The molecule has 1 aromatic carbocycles. The minimum atomic E-state index is -3.39. The van der Waals surface area contributed by atoms with Crippen molar-refractivity contribution in [1.82, 2.24) is 4.31 Å². The summed E-state index contributed by atoms with van der Waals surface area (Å²) in [5, 5.41) is 3.25. The Morgan fingerprint density at radius 3 is 2.26 bits per heavy atom. The SMILES string of the molecule is Cc1cc(C)c(NC(=O)CCN(C(C)(C)C)S(C)(=O)=O)c(Cl)c1. The van der Waals surface area contributed by atoms with Crippen LogP contribution in [0, 0.1) is 13.8 Å². The van der Waals surface area contributed by atoms with Crippen LogP contribution in [0.1, 0.15) is 38.3 Å². The number of sulfonamides is 1. The highest BCUT2D eigenvalue weighted by Crippen LogP contribution is 2.27. The van der Waals surface area contributed by atoms with Crippen molar-refractivity contribution in [2.75, 3.05) is 18.1 Å². The molecule has 0 bridgehead atoms. The topological polar surface area (TPSA) is 66.5 Å². The number of nitrogens with one attached hydrogen (secondary N) is 1. The number of amides is 1. The summed E-state index contributed by atoms with van der Waals surface area (Å²) in [7, 11) is -3.39. The Labute approximate surface area is 144 Å². The normalized spacial score (nSPS) is 12.5. The fourth-order valence-electron chi connectivity index (χ4n) is 2.48. The first-order chi connectivity index (χ1) is 10.3. The third-order valence-corrected chi connectivity index (χ3v) is 5.22. The van der Waals surface area contributed by atoms with Gasteiger partial charge in [-0.25, -0.2) is 8.42 Å². The Bertz CT molecular complexity index is 671. The first-order valence-electron chi connectivity index (χ1n) is 7.37. The molecule has 5 nitrogen and oxygen atoms in total. The van der Waals surface area contributed by atoms with Gasteiger partial charge in [-0.1, -0.05) is 17.7 Å². The lowest BCUT2D eigenvalue weighted by Gasteiger charge is -2.33. The average molecular weight is 361 g/mol. The fourth-order valence-corrected chi connectivity index (χ4v) is 4.26. The van der Waals surface area contributed by atoms with Crippen LogP contribution in [-0.2, 0) is 14.8 Å². The van der Waals surface area contributed by atoms with Gasteiger partial charge in [-0.15, -0.1) is 0 Å². The number of carbonyl (C=O) groups excluding carboxylic acids is 1. The molecule has 1 aromatic rings. The van der Waals surface area contributed by atoms with E-state index >= 15 is 0 Å². The van der Waals surface area contributed by atoms with Gasteiger partial charge in [0.1, 0.15) is 0 Å². The van der Waals surface area contributed by atoms with Gasteiger partial charge in [-0.05, 0) is 51.8 Å². The molecule has 0 aromatic heterocycles. The lowest BCUT2D eigenvalue weighted by atomic mass is 10.1. The molecule has 1 N–H and O–H groups in total. The second-order valence-corrected chi connectivity index (χ2v) is 9.06. The van der Waals surface area contributed by atoms with Gasteiger partial charge in [0.2, 0.25) is 15.9 Å². The number of hydrogen-bond acceptors (Lipinski definition) is 3. The maximum atomic E-state index is 12.2. The Morgan fingerprint density at radius 1 is 1.26 bits per heavy atom. The highest BCUT2D eigenvalue weighted by Gasteiger charge is 2.29. The number of rotatable bonds is 5. The Kier molecular flexibility index (Phi) is 6.24. The van der Waals surface area contributed by atoms with Crippen LogP contribution in [0.3, 0.4) is 0 Å². The molecule has 130 valence electrons. The molecule has 0 fully saturated rings. The molecule has 0 saturated heterocycles. The summed E-state index contributed by atoms with van der Waals surface area (Å²) in [6.07, 6.45) is 1.21. The summed E-state index contributed by atoms with van der Waals surface area (Å²) in [4.78, 5) is 12.2. The third-order valence-electron chi connectivity index (χ3n) is 3.39. The largest absolute Gasteiger partial charge is 0.325 e. The summed E-state index contributed by atoms with van der Waals surface area (Å²) in [5.41, 5.74) is 1.88. The van der Waals surface area contributed by atoms with E-state index in [1.54, 1.807) is 26.8 Å². The van der Waals surface area contributed by atoms with E-state index in [2.05, 4.69) is 5.32 Å². The quantitative estimate of drug-likeness (QED) is 0.875. The van der Waals surface area contributed by atoms with Crippen LogP contribution in [0.4, 0.5) is 5.69 Å². The van der Waals surface area contributed by atoms with E-state index in [0.29, 0.717) is 10.7 Å². The van der Waals surface area contributed by atoms with Crippen LogP contribution in [0.25, 0.3) is 0 Å². The minimum Gasteiger partial charge on any atom is -0.325 e. The maximum absolute atomic E-state index is 12.2. The van der Waals surface area contributed by atoms with E-state index in [-0.39, 0.29) is 18.9 Å². The Hall–Kier alpha value is -1.11. The van der Waals surface area contributed by atoms with Crippen molar-refractivity contribution < 1.29 is 13.2 Å². The highest BCUT2D eigenvalue weighted by molar-refractivity contribution is 7.88. The van der Waals surface area contributed by atoms with Gasteiger partial charge in [0.25, 0.3) is 0 Å². The van der Waals surface area contributed by atoms with Crippen molar-refractivity contribution in [3.63, 3.8) is 0 Å². The monoisotopic (exact) mass is 360 g/mol. The Morgan fingerprint density at radius 2 is 1.83 bits per heavy atom. The van der Waals surface area contributed by atoms with E-state index in [1.165, 1.54) is 4.31 Å². The number of aryl methyl sites for hydroxylation is 2. The minimum absolute atomic E-state index is 0.0635. The first kappa shape index (κ1) is 19.9. The predicted octanol–water partition coefficient (Wildman–Crippen LogP) is 3.35. The van der Waals surface area contributed by atoms with Crippen molar-refractivity contribution in [3.8, 4) is 0 Å². The summed E-state index contributed by atoms with van der Waals surface area (Å²) >= 11 is 6.17. The lowest BCUT2D eigenvalue weighted by Crippen LogP contribution is -2.46. The van der Waals surface area contributed by atoms with Crippen LogP contribution < -0.4 is 5.32 Å². The van der Waals surface area contributed by atoms with E-state index in [1.807, 2.05) is 19.9 Å². The molecule has 0 saturated carbocycles. The van der Waals surface area contributed by atoms with Gasteiger partial charge in [0, 0.05) is 18.5 Å². The van der Waals surface area contributed by atoms with Gasteiger partial charge >= 0.3 is 0 Å². The van der Waals surface area contributed by atoms with Crippen molar-refractivity contribution in [2.45, 2.75) is 46.6 Å². The molecule has 23 heavy (non-hydrogen) atoms. The van der Waals surface area contributed by atoms with Crippen LogP contribution >= 0.6 is 11.6 Å². The van der Waals surface area contributed by atoms with E-state index in [4.69, 9.17) is 11.6 Å². The molecule has 1 rings (SSSR count). The second kappa shape index (κ2) is 7.20. The fraction of sp³-hybridized carbons (Fsp3) is 0.562. The van der Waals surface area contributed by atoms with Gasteiger partial charge in [-0.3, -0.25) is 4.79 Å². The molecule has 0 aliphatic carbocycles. The smallest absolute Gasteiger partial charge is 0.225 e. The zero-order valence-electron chi connectivity index (χ0n) is 14.5. The number of benzene rings is 1. The van der Waals surface area contributed by atoms with E-state index in [9.17, 15) is 13.2 Å². The standard InChI is InChI=1S/C16H25ClN2O3S/c1-11-9-12(2)15(13(17)10-11)18-14(20)7-8-19(16(3,4)5)23(6,21)22/h9-10H,7-8H2,1-6H3,(H,18,20). The lowest BCUT2D eigenvalue weighted by molar-refractivity contribution is -0.116. The first-order valence-corrected chi connectivity index (χ1v) is 9.59. The molecule has 0 heterocycles. The number of carbonyl (C=O) groups is 1. The number of hydrogen-bond donors (Lipinski definition) is 1. The van der Waals surface area contributed by atoms with Crippen LogP contribution in [0.2, 0.25) is 5.02 Å². The highest BCUT2D eigenvalue weighted by atomic mass is 35.5. The molecular formula is C16H25ClN2O3S. The maximum Gasteiger partial charge on any atom is 0.225 e. The van der Waals surface area contributed by atoms with Gasteiger partial charge in [-0.2, -0.15) is 4.31 Å². The van der Waals surface area contributed by atoms with Crippen LogP contribution in [0.15, 0.2) is 12.1 Å². The van der Waals surface area contributed by atoms with Crippen molar-refractivity contribution in [1.29, 1.82) is 0 Å². The molecule has 0 aliphatic heterocycles. The van der Waals surface area contributed by atoms with Crippen molar-refractivity contribution in [3.05, 3.63) is 28.3 Å². The van der Waals surface area contributed by atoms with E-state index in [0.717, 1.165) is 17.4 Å². The molecular weight excluding hydrogens is 336 g/mol. The summed E-state index contributed by atoms with van der Waals surface area (Å²) in [6, 6.07) is 3.71. The molecule has 0 atom stereocenters. The zero-order valence-corrected chi connectivity index (χ0v) is 16.1. The van der Waals surface area contributed by atoms with Crippen LogP contribution in [0.5, 0.6) is 0 Å². The predicted molar refractivity (Wildman–Crippen MR) is 95.5 cm³/mol. The number of anilines is 1. The number of halogens is 1. The van der Waals surface area contributed by atoms with Crippen molar-refractivity contribution >= 4 is 33.2 Å². The van der Waals surface area contributed by atoms with Gasteiger partial charge in [0.15, 0.2) is 0 Å². The summed E-state index contributed by atoms with van der Waals surface area (Å²) in [6.45, 7) is 9.31. The van der Waals surface area contributed by atoms with Gasteiger partial charge in [0.05, 0.1) is 17.0 Å². The Balaban J connectivity index is 2.82. The zero-order chi connectivity index (χ0) is 18.0. The molecule has 0 radical (unpaired) electrons. The molecule has 0 unspecified atom stereocenters. The average Bonchev–Trinajstić information content (AvgIpc) is 2.30. The summed E-state index contributed by atoms with van der Waals surface area (Å²) < 4.78 is 25.1. The molecule has 1 amide bonds. The molecule has 0 aliphatic rings. The second-order valence-electron chi connectivity index (χ2n) is 6.74. The number of nitrogens with zero attached hydrogens (tertiary/aromatic N) is 1. The molecule has 7 heteroatoms. The third kappa shape index (κ3) is 5.79. The van der Waals surface area contributed by atoms with Crippen molar-refractivity contribution in [2.24, 2.45) is 0 Å².